The molecule has 1 aliphatic rings. The molecule has 1 saturated carbocycles. The Kier molecular flexibility index (Phi) is 8.02. The molecule has 184 valence electrons. The molecular formula is C25H26BrN3O5S. The summed E-state index contributed by atoms with van der Waals surface area (Å²) in [5.74, 6) is -1.06. The van der Waals surface area contributed by atoms with Crippen molar-refractivity contribution < 1.29 is 23.9 Å². The van der Waals surface area contributed by atoms with Gasteiger partial charge in [0, 0.05) is 12.2 Å². The van der Waals surface area contributed by atoms with Crippen LogP contribution >= 0.6 is 27.3 Å². The van der Waals surface area contributed by atoms with Crippen molar-refractivity contribution in [1.29, 1.82) is 0 Å². The van der Waals surface area contributed by atoms with Gasteiger partial charge in [-0.15, -0.1) is 11.3 Å². The Bertz CT molecular complexity index is 1220. The number of carbonyl (C=O) groups is 3. The number of benzene rings is 1. The highest BCUT2D eigenvalue weighted by atomic mass is 79.9. The highest BCUT2D eigenvalue weighted by molar-refractivity contribution is 9.11. The first-order valence-electron chi connectivity index (χ1n) is 11.4. The van der Waals surface area contributed by atoms with Gasteiger partial charge in [0.15, 0.2) is 0 Å². The number of rotatable bonds is 7. The van der Waals surface area contributed by atoms with Gasteiger partial charge in [-0.1, -0.05) is 6.42 Å². The smallest absolute Gasteiger partial charge is 0.338 e. The van der Waals surface area contributed by atoms with Crippen molar-refractivity contribution in [2.45, 2.75) is 38.6 Å². The number of thiophene rings is 1. The Morgan fingerprint density at radius 2 is 1.94 bits per heavy atom. The number of hydrogen-bond acceptors (Lipinski definition) is 7. The molecule has 2 aromatic heterocycles. The lowest BCUT2D eigenvalue weighted by Gasteiger charge is -2.28. The van der Waals surface area contributed by atoms with Gasteiger partial charge >= 0.3 is 11.9 Å². The van der Waals surface area contributed by atoms with E-state index >= 15 is 0 Å². The van der Waals surface area contributed by atoms with Gasteiger partial charge in [-0.25, -0.2) is 9.48 Å². The second-order valence-corrected chi connectivity index (χ2v) is 10.7. The van der Waals surface area contributed by atoms with Crippen LogP contribution in [0.3, 0.4) is 0 Å². The van der Waals surface area contributed by atoms with E-state index in [1.54, 1.807) is 42.1 Å². The van der Waals surface area contributed by atoms with Gasteiger partial charge in [-0.2, -0.15) is 5.10 Å². The van der Waals surface area contributed by atoms with Crippen molar-refractivity contribution in [1.82, 2.24) is 15.1 Å². The number of ether oxygens (including phenoxy) is 2. The number of aromatic nitrogens is 2. The van der Waals surface area contributed by atoms with Gasteiger partial charge in [0.05, 0.1) is 45.1 Å². The van der Waals surface area contributed by atoms with Crippen molar-refractivity contribution >= 4 is 45.1 Å². The molecular weight excluding hydrogens is 534 g/mol. The number of hydrogen-bond donors (Lipinski definition) is 1. The second-order valence-electron chi connectivity index (χ2n) is 8.26. The van der Waals surface area contributed by atoms with Gasteiger partial charge in [0.2, 0.25) is 0 Å². The van der Waals surface area contributed by atoms with E-state index in [-0.39, 0.29) is 29.8 Å². The minimum atomic E-state index is -0.388. The normalized spacial score (nSPS) is 17.6. The first kappa shape index (κ1) is 25.1. The lowest BCUT2D eigenvalue weighted by molar-refractivity contribution is -0.146. The van der Waals surface area contributed by atoms with Gasteiger partial charge in [-0.05, 0) is 78.5 Å². The van der Waals surface area contributed by atoms with Crippen LogP contribution in [0.1, 0.15) is 53.3 Å². The zero-order chi connectivity index (χ0) is 24.9. The molecule has 0 bridgehead atoms. The summed E-state index contributed by atoms with van der Waals surface area (Å²) < 4.78 is 12.5. The third-order valence-corrected chi connectivity index (χ3v) is 7.58. The number of amides is 1. The second kappa shape index (κ2) is 11.2. The molecule has 1 fully saturated rings. The molecule has 0 spiro atoms. The molecule has 1 aromatic carbocycles. The fourth-order valence-electron chi connectivity index (χ4n) is 4.23. The topological polar surface area (TPSA) is 99.5 Å². The molecule has 10 heteroatoms. The molecule has 1 amide bonds. The zero-order valence-electron chi connectivity index (χ0n) is 19.5. The van der Waals surface area contributed by atoms with Crippen LogP contribution in [0.4, 0.5) is 0 Å². The van der Waals surface area contributed by atoms with Crippen LogP contribution in [0, 0.1) is 5.92 Å². The van der Waals surface area contributed by atoms with Gasteiger partial charge in [0.1, 0.15) is 5.69 Å². The molecule has 8 nitrogen and oxygen atoms in total. The molecule has 1 N–H and O–H groups in total. The highest BCUT2D eigenvalue weighted by Gasteiger charge is 2.30. The zero-order valence-corrected chi connectivity index (χ0v) is 21.9. The van der Waals surface area contributed by atoms with Crippen molar-refractivity contribution in [2.24, 2.45) is 5.92 Å². The van der Waals surface area contributed by atoms with E-state index < -0.39 is 0 Å². The molecule has 0 radical (unpaired) electrons. The highest BCUT2D eigenvalue weighted by Crippen LogP contribution is 2.33. The maximum Gasteiger partial charge on any atom is 0.338 e. The van der Waals surface area contributed by atoms with E-state index in [2.05, 4.69) is 21.2 Å². The molecule has 4 rings (SSSR count). The quantitative estimate of drug-likeness (QED) is 0.409. The number of nitrogens with one attached hydrogen (secondary N) is 1. The Balaban J connectivity index is 1.60. The molecule has 2 heterocycles. The number of nitrogens with zero attached hydrogens (tertiary/aromatic N) is 2. The third kappa shape index (κ3) is 5.82. The van der Waals surface area contributed by atoms with Gasteiger partial charge in [0.25, 0.3) is 5.91 Å². The molecule has 0 aliphatic heterocycles. The van der Waals surface area contributed by atoms with Crippen molar-refractivity contribution in [3.05, 3.63) is 57.5 Å². The van der Waals surface area contributed by atoms with Crippen molar-refractivity contribution in [3.8, 4) is 16.3 Å². The SMILES string of the molecule is CCOC(=O)c1ccc(-n2cc(C(=O)N[C@@H]3CCC[C@@H](C(=O)OC)C3)c(-c3ccc(Br)s3)n2)cc1. The van der Waals surface area contributed by atoms with Crippen LogP contribution in [-0.2, 0) is 14.3 Å². The molecule has 0 unspecified atom stereocenters. The Morgan fingerprint density at radius 1 is 1.17 bits per heavy atom. The summed E-state index contributed by atoms with van der Waals surface area (Å²) in [5, 5.41) is 7.80. The summed E-state index contributed by atoms with van der Waals surface area (Å²) in [6, 6.07) is 10.6. The standard InChI is InChI=1S/C25H26BrN3O5S/c1-3-34-25(32)15-7-9-18(10-8-15)29-14-19(22(28-29)20-11-12-21(26)35-20)23(30)27-17-6-4-5-16(13-17)24(31)33-2/h7-12,14,16-17H,3-6,13H2,1-2H3,(H,27,30)/t16-,17-/m1/s1. The van der Waals surface area contributed by atoms with Crippen LogP contribution in [0.15, 0.2) is 46.4 Å². The first-order chi connectivity index (χ1) is 16.9. The summed E-state index contributed by atoms with van der Waals surface area (Å²) in [6.07, 6.45) is 4.68. The molecule has 3 aromatic rings. The Morgan fingerprint density at radius 3 is 2.60 bits per heavy atom. The number of halogens is 1. The van der Waals surface area contributed by atoms with Gasteiger partial charge in [-0.3, -0.25) is 9.59 Å². The van der Waals surface area contributed by atoms with Crippen LogP contribution in [0.2, 0.25) is 0 Å². The maximum absolute atomic E-state index is 13.4. The Labute approximate surface area is 215 Å². The maximum atomic E-state index is 13.4. The summed E-state index contributed by atoms with van der Waals surface area (Å²) in [6.45, 7) is 2.06. The fourth-order valence-corrected chi connectivity index (χ4v) is 5.61. The minimum absolute atomic E-state index is 0.115. The summed E-state index contributed by atoms with van der Waals surface area (Å²) in [7, 11) is 1.39. The molecule has 1 aliphatic carbocycles. The van der Waals surface area contributed by atoms with Crippen molar-refractivity contribution in [3.63, 3.8) is 0 Å². The van der Waals surface area contributed by atoms with Gasteiger partial charge < -0.3 is 14.8 Å². The lowest BCUT2D eigenvalue weighted by Crippen LogP contribution is -2.40. The lowest BCUT2D eigenvalue weighted by atomic mass is 9.85. The van der Waals surface area contributed by atoms with Crippen LogP contribution in [0.5, 0.6) is 0 Å². The summed E-state index contributed by atoms with van der Waals surface area (Å²) >= 11 is 4.96. The largest absolute Gasteiger partial charge is 0.469 e. The predicted octanol–water partition coefficient (Wildman–Crippen LogP) is 5.00. The van der Waals surface area contributed by atoms with Crippen molar-refractivity contribution in [2.75, 3.05) is 13.7 Å². The summed E-state index contributed by atoms with van der Waals surface area (Å²) in [5.41, 5.74) is 2.15. The summed E-state index contributed by atoms with van der Waals surface area (Å²) in [4.78, 5) is 38.2. The van der Waals surface area contributed by atoms with Crippen LogP contribution in [0.25, 0.3) is 16.3 Å². The average molecular weight is 560 g/mol. The first-order valence-corrected chi connectivity index (χ1v) is 13.0. The van der Waals surface area contributed by atoms with Crippen LogP contribution in [-0.4, -0.2) is 47.4 Å². The number of esters is 2. The average Bonchev–Trinajstić information content (AvgIpc) is 3.50. The minimum Gasteiger partial charge on any atom is -0.469 e. The molecule has 2 atom stereocenters. The fraction of sp³-hybridized carbons (Fsp3) is 0.360. The van der Waals surface area contributed by atoms with E-state index in [0.29, 0.717) is 35.5 Å². The molecule has 0 saturated heterocycles. The van der Waals surface area contributed by atoms with E-state index in [0.717, 1.165) is 27.9 Å². The monoisotopic (exact) mass is 559 g/mol. The van der Waals surface area contributed by atoms with Crippen LogP contribution < -0.4 is 5.32 Å². The predicted molar refractivity (Wildman–Crippen MR) is 136 cm³/mol. The number of methoxy groups -OCH3 is 1. The van der Waals surface area contributed by atoms with E-state index in [9.17, 15) is 14.4 Å². The third-order valence-electron chi connectivity index (χ3n) is 5.95. The van der Waals surface area contributed by atoms with E-state index in [1.807, 2.05) is 12.1 Å². The van der Waals surface area contributed by atoms with E-state index in [1.165, 1.54) is 18.4 Å². The number of carbonyl (C=O) groups excluding carboxylic acids is 3. The Hall–Kier alpha value is -2.98. The van der Waals surface area contributed by atoms with E-state index in [4.69, 9.17) is 14.6 Å². The molecule has 35 heavy (non-hydrogen) atoms.